The molecule has 3 rings (SSSR count). The maximum Gasteiger partial charge on any atom is 0.251 e. The Bertz CT molecular complexity index is 968. The van der Waals surface area contributed by atoms with Crippen LogP contribution in [0.25, 0.3) is 0 Å². The van der Waals surface area contributed by atoms with Crippen molar-refractivity contribution < 1.29 is 18.0 Å². The lowest BCUT2D eigenvalue weighted by Crippen LogP contribution is -2.27. The number of carbonyl (C=O) groups is 2. The Morgan fingerprint density at radius 1 is 1.26 bits per heavy atom. The van der Waals surface area contributed by atoms with Crippen LogP contribution in [-0.2, 0) is 27.6 Å². The van der Waals surface area contributed by atoms with Crippen molar-refractivity contribution >= 4 is 38.0 Å². The van der Waals surface area contributed by atoms with Crippen molar-refractivity contribution in [2.75, 3.05) is 24.7 Å². The topological polar surface area (TPSA) is 110 Å². The summed E-state index contributed by atoms with van der Waals surface area (Å²) in [6.45, 7) is 1.51. The van der Waals surface area contributed by atoms with Crippen LogP contribution in [-0.4, -0.2) is 44.5 Å². The fourth-order valence-electron chi connectivity index (χ4n) is 3.04. The highest BCUT2D eigenvalue weighted by atomic mass is 32.2. The Kier molecular flexibility index (Phi) is 5.64. The number of benzene rings is 1. The summed E-state index contributed by atoms with van der Waals surface area (Å²) in [4.78, 5) is 27.5. The van der Waals surface area contributed by atoms with E-state index in [1.54, 1.807) is 18.2 Å². The lowest BCUT2D eigenvalue weighted by atomic mass is 10.0. The van der Waals surface area contributed by atoms with Crippen molar-refractivity contribution in [1.29, 1.82) is 0 Å². The van der Waals surface area contributed by atoms with Gasteiger partial charge in [-0.1, -0.05) is 18.2 Å². The highest BCUT2D eigenvalue weighted by molar-refractivity contribution is 7.91. The molecule has 0 spiro atoms. The van der Waals surface area contributed by atoms with Crippen molar-refractivity contribution in [2.45, 2.75) is 24.3 Å². The zero-order chi connectivity index (χ0) is 19.6. The molecule has 1 aliphatic heterocycles. The molecule has 0 bridgehead atoms. The molecule has 1 aromatic carbocycles. The summed E-state index contributed by atoms with van der Waals surface area (Å²) in [6.07, 6.45) is 0.497. The first-order valence-electron chi connectivity index (χ1n) is 8.48. The number of rotatable bonds is 6. The minimum Gasteiger partial charge on any atom is -0.365 e. The van der Waals surface area contributed by atoms with Crippen LogP contribution in [0.5, 0.6) is 0 Å². The maximum absolute atomic E-state index is 12.3. The summed E-state index contributed by atoms with van der Waals surface area (Å²) < 4.78 is 24.6. The highest BCUT2D eigenvalue weighted by Gasteiger charge is 2.27. The lowest BCUT2D eigenvalue weighted by Gasteiger charge is -2.22. The number of primary amides is 1. The fourth-order valence-corrected chi connectivity index (χ4v) is 5.65. The molecule has 3 N–H and O–H groups in total. The Morgan fingerprint density at radius 3 is 2.63 bits per heavy atom. The molecule has 9 heteroatoms. The number of hydrogen-bond donors (Lipinski definition) is 2. The van der Waals surface area contributed by atoms with E-state index >= 15 is 0 Å². The van der Waals surface area contributed by atoms with Gasteiger partial charge >= 0.3 is 0 Å². The minimum absolute atomic E-state index is 0.185. The predicted octanol–water partition coefficient (Wildman–Crippen LogP) is 1.64. The maximum atomic E-state index is 12.3. The molecule has 0 unspecified atom stereocenters. The molecular formula is C18H21N3O4S2. The number of sulfone groups is 1. The molecule has 0 saturated carbocycles. The van der Waals surface area contributed by atoms with E-state index in [1.165, 1.54) is 23.5 Å². The molecule has 1 aromatic heterocycles. The molecular weight excluding hydrogens is 386 g/mol. The Balaban J connectivity index is 1.72. The Morgan fingerprint density at radius 2 is 1.96 bits per heavy atom. The number of hydrogen-bond acceptors (Lipinski definition) is 6. The van der Waals surface area contributed by atoms with Gasteiger partial charge in [0.2, 0.25) is 5.91 Å². The number of carbonyl (C=O) groups excluding carboxylic acids is 2. The molecule has 2 aromatic rings. The average molecular weight is 408 g/mol. The third-order valence-corrected chi connectivity index (χ3v) is 7.31. The van der Waals surface area contributed by atoms with Crippen LogP contribution in [0.3, 0.4) is 0 Å². The lowest BCUT2D eigenvalue weighted by molar-refractivity contribution is -0.115. The van der Waals surface area contributed by atoms with Crippen molar-refractivity contribution in [3.63, 3.8) is 0 Å². The van der Waals surface area contributed by atoms with E-state index in [1.807, 2.05) is 7.05 Å². The number of nitrogens with two attached hydrogens (primary N) is 1. The van der Waals surface area contributed by atoms with Crippen LogP contribution < -0.4 is 11.1 Å². The SMILES string of the molecule is CN1CCc2c(sc(NC(=O)CCS(=O)(=O)c3ccccc3)c2C(N)=O)C1. The summed E-state index contributed by atoms with van der Waals surface area (Å²) in [5.74, 6) is -1.34. The van der Waals surface area contributed by atoms with Gasteiger partial charge in [-0.3, -0.25) is 9.59 Å². The average Bonchev–Trinajstić information content (AvgIpc) is 2.97. The molecule has 144 valence electrons. The van der Waals surface area contributed by atoms with Crippen LogP contribution >= 0.6 is 11.3 Å². The van der Waals surface area contributed by atoms with E-state index in [-0.39, 0.29) is 17.1 Å². The summed E-state index contributed by atoms with van der Waals surface area (Å²) in [6, 6.07) is 8.01. The summed E-state index contributed by atoms with van der Waals surface area (Å²) >= 11 is 1.33. The van der Waals surface area contributed by atoms with E-state index < -0.39 is 21.7 Å². The second-order valence-electron chi connectivity index (χ2n) is 6.49. The Labute approximate surface area is 162 Å². The Hall–Kier alpha value is -2.23. The first kappa shape index (κ1) is 19.5. The van der Waals surface area contributed by atoms with Crippen LogP contribution in [0, 0.1) is 0 Å². The van der Waals surface area contributed by atoms with Gasteiger partial charge in [0.1, 0.15) is 5.00 Å². The smallest absolute Gasteiger partial charge is 0.251 e. The van der Waals surface area contributed by atoms with E-state index in [0.29, 0.717) is 23.5 Å². The quantitative estimate of drug-likeness (QED) is 0.756. The number of likely N-dealkylation sites (N-methyl/N-ethyl adjacent to an activating group) is 1. The molecule has 27 heavy (non-hydrogen) atoms. The first-order valence-corrected chi connectivity index (χ1v) is 11.0. The molecule has 0 saturated heterocycles. The van der Waals surface area contributed by atoms with Crippen molar-refractivity contribution in [1.82, 2.24) is 4.90 Å². The van der Waals surface area contributed by atoms with Gasteiger partial charge in [-0.15, -0.1) is 11.3 Å². The van der Waals surface area contributed by atoms with Crippen LogP contribution in [0.15, 0.2) is 35.2 Å². The summed E-state index contributed by atoms with van der Waals surface area (Å²) in [7, 11) is -1.55. The van der Waals surface area contributed by atoms with Gasteiger partial charge in [0.25, 0.3) is 5.91 Å². The second-order valence-corrected chi connectivity index (χ2v) is 9.70. The number of anilines is 1. The molecule has 2 heterocycles. The number of nitrogens with zero attached hydrogens (tertiary/aromatic N) is 1. The van der Waals surface area contributed by atoms with Gasteiger partial charge in [-0.25, -0.2) is 8.42 Å². The predicted molar refractivity (Wildman–Crippen MR) is 105 cm³/mol. The number of amides is 2. The molecule has 0 fully saturated rings. The largest absolute Gasteiger partial charge is 0.365 e. The highest BCUT2D eigenvalue weighted by Crippen LogP contribution is 2.36. The summed E-state index contributed by atoms with van der Waals surface area (Å²) in [5, 5.41) is 3.09. The molecule has 7 nitrogen and oxygen atoms in total. The molecule has 2 amide bonds. The van der Waals surface area contributed by atoms with Gasteiger partial charge in [0, 0.05) is 24.4 Å². The number of thiophene rings is 1. The zero-order valence-electron chi connectivity index (χ0n) is 14.9. The standard InChI is InChI=1S/C18H21N3O4S2/c1-21-9-7-13-14(11-21)26-18(16(13)17(19)23)20-15(22)8-10-27(24,25)12-5-3-2-4-6-12/h2-6H,7-11H2,1H3,(H2,19,23)(H,20,22). The zero-order valence-corrected chi connectivity index (χ0v) is 16.5. The van der Waals surface area contributed by atoms with Crippen LogP contribution in [0.1, 0.15) is 27.2 Å². The number of fused-ring (bicyclic) bond motifs is 1. The van der Waals surface area contributed by atoms with Crippen molar-refractivity contribution in [3.8, 4) is 0 Å². The van der Waals surface area contributed by atoms with E-state index in [2.05, 4.69) is 10.2 Å². The summed E-state index contributed by atoms with van der Waals surface area (Å²) in [5.41, 5.74) is 6.76. The third kappa shape index (κ3) is 4.37. The van der Waals surface area contributed by atoms with E-state index in [9.17, 15) is 18.0 Å². The molecule has 0 aliphatic carbocycles. The normalized spacial score (nSPS) is 14.6. The monoisotopic (exact) mass is 407 g/mol. The molecule has 0 radical (unpaired) electrons. The minimum atomic E-state index is -3.54. The molecule has 0 atom stereocenters. The van der Waals surface area contributed by atoms with Gasteiger partial charge in [-0.2, -0.15) is 0 Å². The molecule has 1 aliphatic rings. The third-order valence-electron chi connectivity index (χ3n) is 4.45. The first-order chi connectivity index (χ1) is 12.8. The van der Waals surface area contributed by atoms with E-state index in [0.717, 1.165) is 17.0 Å². The van der Waals surface area contributed by atoms with Crippen molar-refractivity contribution in [3.05, 3.63) is 46.3 Å². The van der Waals surface area contributed by atoms with Crippen LogP contribution in [0.4, 0.5) is 5.00 Å². The van der Waals surface area contributed by atoms with Crippen LogP contribution in [0.2, 0.25) is 0 Å². The van der Waals surface area contributed by atoms with Gasteiger partial charge < -0.3 is 16.0 Å². The van der Waals surface area contributed by atoms with Gasteiger partial charge in [0.05, 0.1) is 16.2 Å². The van der Waals surface area contributed by atoms with Gasteiger partial charge in [0.15, 0.2) is 9.84 Å². The fraction of sp³-hybridized carbons (Fsp3) is 0.333. The van der Waals surface area contributed by atoms with Crippen molar-refractivity contribution in [2.24, 2.45) is 5.73 Å². The number of nitrogens with one attached hydrogen (secondary N) is 1. The van der Waals surface area contributed by atoms with E-state index in [4.69, 9.17) is 5.73 Å². The second kappa shape index (κ2) is 7.79. The van der Waals surface area contributed by atoms with Gasteiger partial charge in [-0.05, 0) is 31.2 Å².